The van der Waals surface area contributed by atoms with Crippen molar-refractivity contribution < 1.29 is 9.53 Å². The van der Waals surface area contributed by atoms with Gasteiger partial charge in [0.05, 0.1) is 6.04 Å². The quantitative estimate of drug-likeness (QED) is 0.835. The predicted molar refractivity (Wildman–Crippen MR) is 68.1 cm³/mol. The van der Waals surface area contributed by atoms with E-state index in [0.717, 1.165) is 18.7 Å². The molecule has 5 nitrogen and oxygen atoms in total. The molecule has 1 aliphatic heterocycles. The fraction of sp³-hybridized carbons (Fsp3) is 0.692. The second-order valence-corrected chi connectivity index (χ2v) is 5.80. The Morgan fingerprint density at radius 3 is 2.78 bits per heavy atom. The highest BCUT2D eigenvalue weighted by atomic mass is 16.6. The second-order valence-electron chi connectivity index (χ2n) is 5.80. The number of aromatic nitrogens is 2. The number of nitrogens with zero attached hydrogens (tertiary/aromatic N) is 2. The van der Waals surface area contributed by atoms with Gasteiger partial charge < -0.3 is 9.72 Å². The lowest BCUT2D eigenvalue weighted by Gasteiger charge is -2.30. The zero-order valence-electron chi connectivity index (χ0n) is 11.4. The largest absolute Gasteiger partial charge is 0.444 e. The van der Waals surface area contributed by atoms with E-state index >= 15 is 0 Å². The number of carbonyl (C=O) groups is 1. The van der Waals surface area contributed by atoms with Crippen LogP contribution in [0.3, 0.4) is 0 Å². The third-order valence-electron chi connectivity index (χ3n) is 3.11. The molecule has 2 heterocycles. The number of ether oxygens (including phenoxy) is 1. The summed E-state index contributed by atoms with van der Waals surface area (Å²) in [7, 11) is 0. The Hall–Kier alpha value is -1.52. The molecule has 2 rings (SSSR count). The number of nitrogens with one attached hydrogen (secondary N) is 1. The van der Waals surface area contributed by atoms with Crippen LogP contribution in [0.25, 0.3) is 0 Å². The highest BCUT2D eigenvalue weighted by molar-refractivity contribution is 5.69. The Kier molecular flexibility index (Phi) is 3.32. The lowest BCUT2D eigenvalue weighted by molar-refractivity contribution is 0.0152. The maximum absolute atomic E-state index is 12.2. The molecular formula is C13H21N3O2. The molecule has 1 aromatic heterocycles. The number of aromatic amines is 1. The molecule has 1 aromatic rings. The van der Waals surface area contributed by atoms with E-state index in [-0.39, 0.29) is 18.2 Å². The van der Waals surface area contributed by atoms with E-state index in [0.29, 0.717) is 0 Å². The average Bonchev–Trinajstić information content (AvgIpc) is 2.82. The van der Waals surface area contributed by atoms with Crippen molar-refractivity contribution in [3.8, 4) is 0 Å². The van der Waals surface area contributed by atoms with Crippen LogP contribution in [0.2, 0.25) is 0 Å². The van der Waals surface area contributed by atoms with E-state index in [2.05, 4.69) is 9.97 Å². The first-order valence-electron chi connectivity index (χ1n) is 6.39. The number of hydrogen-bond acceptors (Lipinski definition) is 3. The average molecular weight is 251 g/mol. The number of amides is 1. The van der Waals surface area contributed by atoms with Crippen molar-refractivity contribution in [2.45, 2.75) is 58.2 Å². The van der Waals surface area contributed by atoms with Gasteiger partial charge in [-0.1, -0.05) is 0 Å². The number of H-pyrrole nitrogens is 1. The van der Waals surface area contributed by atoms with Crippen LogP contribution >= 0.6 is 0 Å². The van der Waals surface area contributed by atoms with E-state index < -0.39 is 5.60 Å². The zero-order valence-corrected chi connectivity index (χ0v) is 11.4. The van der Waals surface area contributed by atoms with Crippen LogP contribution in [-0.4, -0.2) is 32.6 Å². The minimum atomic E-state index is -0.465. The molecule has 0 bridgehead atoms. The van der Waals surface area contributed by atoms with Gasteiger partial charge in [-0.25, -0.2) is 9.78 Å². The normalized spacial score (nSPS) is 24.3. The lowest BCUT2D eigenvalue weighted by atomic mass is 10.2. The molecule has 5 heteroatoms. The monoisotopic (exact) mass is 251 g/mol. The van der Waals surface area contributed by atoms with Crippen LogP contribution in [-0.2, 0) is 4.74 Å². The van der Waals surface area contributed by atoms with E-state index in [1.807, 2.05) is 27.7 Å². The number of carbonyl (C=O) groups excluding carboxylic acids is 1. The Morgan fingerprint density at radius 1 is 1.50 bits per heavy atom. The van der Waals surface area contributed by atoms with Crippen molar-refractivity contribution in [1.29, 1.82) is 0 Å². The molecule has 0 spiro atoms. The summed E-state index contributed by atoms with van der Waals surface area (Å²) in [6, 6.07) is 0.194. The smallest absolute Gasteiger partial charge is 0.411 e. The highest BCUT2D eigenvalue weighted by Gasteiger charge is 2.38. The van der Waals surface area contributed by atoms with Crippen LogP contribution in [0.15, 0.2) is 12.4 Å². The van der Waals surface area contributed by atoms with E-state index in [9.17, 15) is 4.79 Å². The Labute approximate surface area is 108 Å². The molecule has 0 aromatic carbocycles. The molecule has 0 aliphatic carbocycles. The lowest BCUT2D eigenvalue weighted by Crippen LogP contribution is -2.40. The van der Waals surface area contributed by atoms with Gasteiger partial charge in [0.1, 0.15) is 11.4 Å². The zero-order chi connectivity index (χ0) is 13.3. The van der Waals surface area contributed by atoms with Gasteiger partial charge in [-0.2, -0.15) is 0 Å². The number of rotatable bonds is 1. The topological polar surface area (TPSA) is 58.2 Å². The van der Waals surface area contributed by atoms with Gasteiger partial charge in [-0.05, 0) is 40.5 Å². The minimum Gasteiger partial charge on any atom is -0.444 e. The first kappa shape index (κ1) is 12.9. The summed E-state index contributed by atoms with van der Waals surface area (Å²) >= 11 is 0. The minimum absolute atomic E-state index is 0.00449. The molecule has 0 radical (unpaired) electrons. The molecule has 100 valence electrons. The van der Waals surface area contributed by atoms with E-state index in [1.165, 1.54) is 0 Å². The molecule has 1 saturated heterocycles. The van der Waals surface area contributed by atoms with Gasteiger partial charge in [0.15, 0.2) is 0 Å². The first-order chi connectivity index (χ1) is 8.38. The first-order valence-corrected chi connectivity index (χ1v) is 6.39. The van der Waals surface area contributed by atoms with Gasteiger partial charge in [0, 0.05) is 18.4 Å². The summed E-state index contributed by atoms with van der Waals surface area (Å²) < 4.78 is 5.47. The summed E-state index contributed by atoms with van der Waals surface area (Å²) in [5.74, 6) is 0.838. The summed E-state index contributed by atoms with van der Waals surface area (Å²) in [4.78, 5) is 21.4. The van der Waals surface area contributed by atoms with E-state index in [4.69, 9.17) is 4.74 Å². The van der Waals surface area contributed by atoms with E-state index in [1.54, 1.807) is 17.3 Å². The summed E-state index contributed by atoms with van der Waals surface area (Å²) in [5.41, 5.74) is -0.465. The molecule has 18 heavy (non-hydrogen) atoms. The van der Waals surface area contributed by atoms with Crippen molar-refractivity contribution in [3.05, 3.63) is 18.2 Å². The summed E-state index contributed by atoms with van der Waals surface area (Å²) in [6.07, 6.45) is 5.14. The Morgan fingerprint density at radius 2 is 2.22 bits per heavy atom. The van der Waals surface area contributed by atoms with Crippen molar-refractivity contribution in [3.63, 3.8) is 0 Å². The number of likely N-dealkylation sites (tertiary alicyclic amines) is 1. The van der Waals surface area contributed by atoms with Crippen molar-refractivity contribution in [2.75, 3.05) is 0 Å². The SMILES string of the molecule is CC1CCC(c2ncc[nH]2)N1C(=O)OC(C)(C)C. The predicted octanol–water partition coefficient (Wildman–Crippen LogP) is 2.87. The van der Waals surface area contributed by atoms with Gasteiger partial charge in [-0.15, -0.1) is 0 Å². The second kappa shape index (κ2) is 4.63. The fourth-order valence-electron chi connectivity index (χ4n) is 2.33. The molecule has 2 atom stereocenters. The summed E-state index contributed by atoms with van der Waals surface area (Å²) in [6.45, 7) is 7.70. The summed E-state index contributed by atoms with van der Waals surface area (Å²) in [5, 5.41) is 0. The number of hydrogen-bond donors (Lipinski definition) is 1. The molecule has 1 N–H and O–H groups in total. The van der Waals surface area contributed by atoms with Gasteiger partial charge in [0.2, 0.25) is 0 Å². The fourth-order valence-corrected chi connectivity index (χ4v) is 2.33. The molecule has 1 amide bonds. The van der Waals surface area contributed by atoms with Crippen LogP contribution in [0.4, 0.5) is 4.79 Å². The van der Waals surface area contributed by atoms with Crippen LogP contribution in [0, 0.1) is 0 Å². The third-order valence-corrected chi connectivity index (χ3v) is 3.11. The van der Waals surface area contributed by atoms with Gasteiger partial charge >= 0.3 is 6.09 Å². The van der Waals surface area contributed by atoms with Crippen LogP contribution in [0.1, 0.15) is 52.4 Å². The van der Waals surface area contributed by atoms with Gasteiger partial charge in [-0.3, -0.25) is 4.90 Å². The highest BCUT2D eigenvalue weighted by Crippen LogP contribution is 2.35. The van der Waals surface area contributed by atoms with Crippen molar-refractivity contribution in [2.24, 2.45) is 0 Å². The maximum atomic E-state index is 12.2. The standard InChI is InChI=1S/C13H21N3O2/c1-9-5-6-10(11-14-7-8-15-11)16(9)12(17)18-13(2,3)4/h7-10H,5-6H2,1-4H3,(H,14,15). The Bertz CT molecular complexity index is 408. The molecule has 0 saturated carbocycles. The molecular weight excluding hydrogens is 230 g/mol. The van der Waals surface area contributed by atoms with Gasteiger partial charge in [0.25, 0.3) is 0 Å². The Balaban J connectivity index is 2.15. The van der Waals surface area contributed by atoms with Crippen molar-refractivity contribution in [1.82, 2.24) is 14.9 Å². The van der Waals surface area contributed by atoms with Crippen molar-refractivity contribution >= 4 is 6.09 Å². The number of imidazole rings is 1. The van der Waals surface area contributed by atoms with Crippen LogP contribution in [0.5, 0.6) is 0 Å². The van der Waals surface area contributed by atoms with Crippen LogP contribution < -0.4 is 0 Å². The third kappa shape index (κ3) is 2.66. The molecule has 1 aliphatic rings. The maximum Gasteiger partial charge on any atom is 0.411 e. The molecule has 2 unspecified atom stereocenters. The molecule has 1 fully saturated rings.